The van der Waals surface area contributed by atoms with Crippen molar-refractivity contribution in [3.05, 3.63) is 65.7 Å². The van der Waals surface area contributed by atoms with Crippen LogP contribution >= 0.6 is 11.3 Å². The zero-order chi connectivity index (χ0) is 22.5. The van der Waals surface area contributed by atoms with Gasteiger partial charge in [-0.05, 0) is 31.2 Å². The van der Waals surface area contributed by atoms with E-state index in [1.807, 2.05) is 48.7 Å². The first-order valence-corrected chi connectivity index (χ1v) is 10.7. The first-order chi connectivity index (χ1) is 15.6. The lowest BCUT2D eigenvalue weighted by Crippen LogP contribution is -2.22. The number of amides is 1. The molecule has 0 aliphatic heterocycles. The van der Waals surface area contributed by atoms with Crippen LogP contribution in [0.5, 0.6) is 17.2 Å². The lowest BCUT2D eigenvalue weighted by molar-refractivity contribution is -0.118. The van der Waals surface area contributed by atoms with E-state index in [2.05, 4.69) is 15.4 Å². The van der Waals surface area contributed by atoms with Crippen molar-refractivity contribution in [2.75, 3.05) is 26.1 Å². The molecule has 0 saturated carbocycles. The Hall–Kier alpha value is -3.85. The Labute approximate surface area is 189 Å². The number of hydrogen-bond donors (Lipinski definition) is 1. The fourth-order valence-electron chi connectivity index (χ4n) is 3.07. The normalized spacial score (nSPS) is 10.6. The predicted molar refractivity (Wildman–Crippen MR) is 123 cm³/mol. The molecule has 0 bridgehead atoms. The monoisotopic (exact) mass is 450 g/mol. The largest absolute Gasteiger partial charge is 0.497 e. The van der Waals surface area contributed by atoms with Gasteiger partial charge in [-0.15, -0.1) is 11.3 Å². The Kier molecular flexibility index (Phi) is 6.37. The van der Waals surface area contributed by atoms with Gasteiger partial charge >= 0.3 is 0 Å². The molecule has 0 unspecified atom stereocenters. The van der Waals surface area contributed by atoms with Gasteiger partial charge in [0.15, 0.2) is 18.1 Å². The summed E-state index contributed by atoms with van der Waals surface area (Å²) in [6.45, 7) is 1.69. The number of nitrogens with one attached hydrogen (secondary N) is 1. The summed E-state index contributed by atoms with van der Waals surface area (Å²) in [4.78, 5) is 17.2. The number of rotatable bonds is 8. The zero-order valence-electron chi connectivity index (χ0n) is 17.9. The van der Waals surface area contributed by atoms with Gasteiger partial charge in [0.1, 0.15) is 11.6 Å². The summed E-state index contributed by atoms with van der Waals surface area (Å²) in [5, 5.41) is 9.91. The molecule has 2 heterocycles. The molecule has 2 aromatic carbocycles. The van der Waals surface area contributed by atoms with E-state index in [1.54, 1.807) is 37.1 Å². The Morgan fingerprint density at radius 3 is 2.66 bits per heavy atom. The summed E-state index contributed by atoms with van der Waals surface area (Å²) < 4.78 is 17.8. The quantitative estimate of drug-likeness (QED) is 0.430. The average Bonchev–Trinajstić information content (AvgIpc) is 3.44. The van der Waals surface area contributed by atoms with Gasteiger partial charge in [0, 0.05) is 17.0 Å². The predicted octanol–water partition coefficient (Wildman–Crippen LogP) is 4.34. The standard InChI is InChI=1S/C23H22N4O4S/c1-15-11-21(25-22(28)13-31-20-10-5-4-9-19(20)30-3)27(26-15)23-24-18(14-32-23)16-7-6-8-17(12-16)29-2/h4-12,14H,13H2,1-3H3,(H,25,28). The summed E-state index contributed by atoms with van der Waals surface area (Å²) in [6.07, 6.45) is 0. The van der Waals surface area contributed by atoms with Crippen LogP contribution in [0.3, 0.4) is 0 Å². The molecule has 0 spiro atoms. The number of nitrogens with zero attached hydrogens (tertiary/aromatic N) is 3. The molecule has 8 nitrogen and oxygen atoms in total. The number of carbonyl (C=O) groups excluding carboxylic acids is 1. The van der Waals surface area contributed by atoms with Crippen LogP contribution in [-0.2, 0) is 4.79 Å². The Bertz CT molecular complexity index is 1230. The van der Waals surface area contributed by atoms with Crippen LogP contribution in [0.15, 0.2) is 60.0 Å². The van der Waals surface area contributed by atoms with Crippen molar-refractivity contribution in [3.63, 3.8) is 0 Å². The number of methoxy groups -OCH3 is 2. The minimum atomic E-state index is -0.318. The molecule has 0 saturated heterocycles. The molecule has 32 heavy (non-hydrogen) atoms. The number of thiazole rings is 1. The maximum atomic E-state index is 12.5. The maximum absolute atomic E-state index is 12.5. The number of aromatic nitrogens is 3. The Morgan fingerprint density at radius 1 is 1.06 bits per heavy atom. The van der Waals surface area contributed by atoms with Crippen LogP contribution in [0.4, 0.5) is 5.82 Å². The van der Waals surface area contributed by atoms with Crippen molar-refractivity contribution in [1.82, 2.24) is 14.8 Å². The SMILES string of the molecule is COc1cccc(-c2csc(-n3nc(C)cc3NC(=O)COc3ccccc3OC)n2)c1. The third-order valence-corrected chi connectivity index (χ3v) is 5.38. The van der Waals surface area contributed by atoms with Crippen molar-refractivity contribution < 1.29 is 19.0 Å². The molecule has 2 aromatic heterocycles. The topological polar surface area (TPSA) is 87.5 Å². The van der Waals surface area contributed by atoms with E-state index in [9.17, 15) is 4.79 Å². The van der Waals surface area contributed by atoms with Gasteiger partial charge in [-0.1, -0.05) is 24.3 Å². The molecule has 4 aromatic rings. The summed E-state index contributed by atoms with van der Waals surface area (Å²) >= 11 is 1.43. The fraction of sp³-hybridized carbons (Fsp3) is 0.174. The van der Waals surface area contributed by atoms with E-state index in [4.69, 9.17) is 14.2 Å². The minimum absolute atomic E-state index is 0.169. The highest BCUT2D eigenvalue weighted by atomic mass is 32.1. The van der Waals surface area contributed by atoms with Crippen molar-refractivity contribution in [1.29, 1.82) is 0 Å². The van der Waals surface area contributed by atoms with Gasteiger partial charge in [0.05, 0.1) is 25.6 Å². The Morgan fingerprint density at radius 2 is 1.88 bits per heavy atom. The van der Waals surface area contributed by atoms with Crippen LogP contribution in [-0.4, -0.2) is 41.5 Å². The first kappa shape index (κ1) is 21.4. The summed E-state index contributed by atoms with van der Waals surface area (Å²) in [6, 6.07) is 16.6. The van der Waals surface area contributed by atoms with Crippen LogP contribution < -0.4 is 19.5 Å². The third-order valence-electron chi connectivity index (χ3n) is 4.57. The van der Waals surface area contributed by atoms with Gasteiger partial charge in [-0.3, -0.25) is 4.79 Å². The van der Waals surface area contributed by atoms with Crippen molar-refractivity contribution in [2.45, 2.75) is 6.92 Å². The van der Waals surface area contributed by atoms with E-state index >= 15 is 0 Å². The molecule has 164 valence electrons. The van der Waals surface area contributed by atoms with E-state index in [0.717, 1.165) is 22.7 Å². The summed E-state index contributed by atoms with van der Waals surface area (Å²) in [5.41, 5.74) is 2.49. The van der Waals surface area contributed by atoms with Crippen LogP contribution in [0.2, 0.25) is 0 Å². The molecule has 0 aliphatic rings. The Balaban J connectivity index is 1.49. The maximum Gasteiger partial charge on any atom is 0.263 e. The van der Waals surface area contributed by atoms with Gasteiger partial charge in [0.25, 0.3) is 5.91 Å². The molecule has 1 N–H and O–H groups in total. The van der Waals surface area contributed by atoms with E-state index < -0.39 is 0 Å². The summed E-state index contributed by atoms with van der Waals surface area (Å²) in [7, 11) is 3.18. The highest BCUT2D eigenvalue weighted by Crippen LogP contribution is 2.29. The zero-order valence-corrected chi connectivity index (χ0v) is 18.7. The lowest BCUT2D eigenvalue weighted by atomic mass is 10.2. The van der Waals surface area contributed by atoms with Gasteiger partial charge in [-0.2, -0.15) is 9.78 Å². The molecule has 0 radical (unpaired) electrons. The number of para-hydroxylation sites is 2. The number of anilines is 1. The van der Waals surface area contributed by atoms with Crippen LogP contribution in [0.25, 0.3) is 16.4 Å². The van der Waals surface area contributed by atoms with Crippen LogP contribution in [0.1, 0.15) is 5.69 Å². The highest BCUT2D eigenvalue weighted by Gasteiger charge is 2.15. The van der Waals surface area contributed by atoms with E-state index in [-0.39, 0.29) is 12.5 Å². The van der Waals surface area contributed by atoms with E-state index in [1.165, 1.54) is 11.3 Å². The molecule has 9 heteroatoms. The molecular weight excluding hydrogens is 428 g/mol. The molecule has 0 aliphatic carbocycles. The number of benzene rings is 2. The second kappa shape index (κ2) is 9.52. The number of ether oxygens (including phenoxy) is 3. The highest BCUT2D eigenvalue weighted by molar-refractivity contribution is 7.12. The van der Waals surface area contributed by atoms with Crippen LogP contribution in [0, 0.1) is 6.92 Å². The van der Waals surface area contributed by atoms with Crippen molar-refractivity contribution in [2.24, 2.45) is 0 Å². The van der Waals surface area contributed by atoms with Crippen molar-refractivity contribution >= 4 is 23.1 Å². The minimum Gasteiger partial charge on any atom is -0.497 e. The molecule has 0 atom stereocenters. The molecule has 0 fully saturated rings. The van der Waals surface area contributed by atoms with Gasteiger partial charge in [0.2, 0.25) is 5.13 Å². The number of aryl methyl sites for hydroxylation is 1. The summed E-state index contributed by atoms with van der Waals surface area (Å²) in [5.74, 6) is 2.02. The third kappa shape index (κ3) is 4.73. The van der Waals surface area contributed by atoms with E-state index in [0.29, 0.717) is 22.4 Å². The first-order valence-electron chi connectivity index (χ1n) is 9.80. The number of hydrogen-bond acceptors (Lipinski definition) is 7. The van der Waals surface area contributed by atoms with Crippen molar-refractivity contribution in [3.8, 4) is 33.6 Å². The molecule has 1 amide bonds. The number of carbonyl (C=O) groups is 1. The van der Waals surface area contributed by atoms with Gasteiger partial charge < -0.3 is 19.5 Å². The average molecular weight is 451 g/mol. The second-order valence-electron chi connectivity index (χ2n) is 6.82. The lowest BCUT2D eigenvalue weighted by Gasteiger charge is -2.10. The second-order valence-corrected chi connectivity index (χ2v) is 7.65. The molecule has 4 rings (SSSR count). The smallest absolute Gasteiger partial charge is 0.263 e. The van der Waals surface area contributed by atoms with Gasteiger partial charge in [-0.25, -0.2) is 4.98 Å². The fourth-order valence-corrected chi connectivity index (χ4v) is 3.87. The molecular formula is C23H22N4O4S.